The van der Waals surface area contributed by atoms with Gasteiger partial charge in [0.25, 0.3) is 5.91 Å². The zero-order chi connectivity index (χ0) is 14.0. The smallest absolute Gasteiger partial charge is 0.251 e. The maximum atomic E-state index is 12.0. The lowest BCUT2D eigenvalue weighted by atomic mass is 10.0. The Bertz CT molecular complexity index is 473. The highest BCUT2D eigenvalue weighted by Gasteiger charge is 2.38. The summed E-state index contributed by atoms with van der Waals surface area (Å²) in [7, 11) is 1.92. The number of carbonyl (C=O) groups is 1. The van der Waals surface area contributed by atoms with E-state index in [2.05, 4.69) is 10.4 Å². The number of aryl methyl sites for hydroxylation is 2. The Hall–Kier alpha value is -1.36. The first-order chi connectivity index (χ1) is 8.94. The predicted octanol–water partition coefficient (Wildman–Crippen LogP) is 1.00. The molecule has 1 aromatic rings. The van der Waals surface area contributed by atoms with Gasteiger partial charge < -0.3 is 10.4 Å². The Kier molecular flexibility index (Phi) is 3.94. The third kappa shape index (κ3) is 2.81. The molecule has 0 atom stereocenters. The number of amides is 1. The van der Waals surface area contributed by atoms with Crippen molar-refractivity contribution in [1.29, 1.82) is 0 Å². The number of rotatable bonds is 4. The van der Waals surface area contributed by atoms with Gasteiger partial charge in [-0.3, -0.25) is 9.48 Å². The zero-order valence-corrected chi connectivity index (χ0v) is 12.0. The lowest BCUT2D eigenvalue weighted by molar-refractivity contribution is -0.139. The fourth-order valence-electron chi connectivity index (χ4n) is 2.83. The van der Waals surface area contributed by atoms with Crippen LogP contribution in [-0.4, -0.2) is 32.9 Å². The molecule has 1 saturated carbocycles. The molecule has 0 saturated heterocycles. The minimum Gasteiger partial charge on any atom is -0.380 e. The summed E-state index contributed by atoms with van der Waals surface area (Å²) in [6, 6.07) is 0. The molecule has 0 aliphatic heterocycles. The van der Waals surface area contributed by atoms with E-state index >= 15 is 0 Å². The highest BCUT2D eigenvalue weighted by Crippen LogP contribution is 2.29. The Morgan fingerprint density at radius 1 is 1.42 bits per heavy atom. The number of carbonyl (C=O) groups excluding carboxylic acids is 1. The molecule has 2 rings (SSSR count). The van der Waals surface area contributed by atoms with E-state index in [1.165, 1.54) is 5.56 Å². The summed E-state index contributed by atoms with van der Waals surface area (Å²) < 4.78 is 1.86. The van der Waals surface area contributed by atoms with Crippen molar-refractivity contribution in [3.63, 3.8) is 0 Å². The fourth-order valence-corrected chi connectivity index (χ4v) is 2.83. The molecule has 2 N–H and O–H groups in total. The number of hydrogen-bond acceptors (Lipinski definition) is 3. The van der Waals surface area contributed by atoms with E-state index in [4.69, 9.17) is 0 Å². The minimum atomic E-state index is -1.13. The average molecular weight is 265 g/mol. The van der Waals surface area contributed by atoms with Crippen molar-refractivity contribution in [3.05, 3.63) is 17.0 Å². The molecule has 1 fully saturated rings. The average Bonchev–Trinajstić information content (AvgIpc) is 2.89. The van der Waals surface area contributed by atoms with Crippen molar-refractivity contribution < 1.29 is 9.90 Å². The molecular formula is C14H23N3O2. The molecule has 1 heterocycles. The molecule has 5 heteroatoms. The van der Waals surface area contributed by atoms with Crippen LogP contribution in [0.15, 0.2) is 0 Å². The van der Waals surface area contributed by atoms with Gasteiger partial charge in [0, 0.05) is 19.3 Å². The zero-order valence-electron chi connectivity index (χ0n) is 12.0. The van der Waals surface area contributed by atoms with Crippen LogP contribution in [0.1, 0.15) is 42.6 Å². The number of hydrogen-bond donors (Lipinski definition) is 2. The Balaban J connectivity index is 1.88. The quantitative estimate of drug-likeness (QED) is 0.853. The first-order valence-corrected chi connectivity index (χ1v) is 6.94. The molecule has 106 valence electrons. The largest absolute Gasteiger partial charge is 0.380 e. The van der Waals surface area contributed by atoms with Crippen LogP contribution in [0.5, 0.6) is 0 Å². The van der Waals surface area contributed by atoms with Crippen molar-refractivity contribution >= 4 is 5.91 Å². The summed E-state index contributed by atoms with van der Waals surface area (Å²) in [6.07, 6.45) is 3.80. The van der Waals surface area contributed by atoms with Crippen LogP contribution in [0.4, 0.5) is 0 Å². The van der Waals surface area contributed by atoms with Crippen molar-refractivity contribution in [2.45, 2.75) is 51.6 Å². The SMILES string of the molecule is Cc1nn(C)c(C)c1CCNC(=O)C1(O)CCCC1. The van der Waals surface area contributed by atoms with Gasteiger partial charge in [0.05, 0.1) is 5.69 Å². The van der Waals surface area contributed by atoms with Gasteiger partial charge in [0.1, 0.15) is 5.60 Å². The maximum absolute atomic E-state index is 12.0. The van der Waals surface area contributed by atoms with Crippen molar-refractivity contribution in [1.82, 2.24) is 15.1 Å². The minimum absolute atomic E-state index is 0.218. The highest BCUT2D eigenvalue weighted by atomic mass is 16.3. The van der Waals surface area contributed by atoms with Gasteiger partial charge in [0.2, 0.25) is 0 Å². The van der Waals surface area contributed by atoms with Crippen molar-refractivity contribution in [2.24, 2.45) is 7.05 Å². The molecule has 0 radical (unpaired) electrons. The second-order valence-corrected chi connectivity index (χ2v) is 5.52. The van der Waals surface area contributed by atoms with Gasteiger partial charge in [-0.1, -0.05) is 0 Å². The molecule has 0 unspecified atom stereocenters. The van der Waals surface area contributed by atoms with Crippen LogP contribution in [0.25, 0.3) is 0 Å². The number of aromatic nitrogens is 2. The highest BCUT2D eigenvalue weighted by molar-refractivity contribution is 5.85. The van der Waals surface area contributed by atoms with Crippen LogP contribution in [-0.2, 0) is 18.3 Å². The summed E-state index contributed by atoms with van der Waals surface area (Å²) in [6.45, 7) is 4.56. The Labute approximate surface area is 114 Å². The molecule has 1 aromatic heterocycles. The van der Waals surface area contributed by atoms with Crippen LogP contribution < -0.4 is 5.32 Å². The van der Waals surface area contributed by atoms with E-state index in [9.17, 15) is 9.90 Å². The number of nitrogens with one attached hydrogen (secondary N) is 1. The normalized spacial score (nSPS) is 17.7. The third-order valence-corrected chi connectivity index (χ3v) is 4.17. The summed E-state index contributed by atoms with van der Waals surface area (Å²) in [5.74, 6) is -0.218. The van der Waals surface area contributed by atoms with Crippen LogP contribution in [0.2, 0.25) is 0 Å². The predicted molar refractivity (Wildman–Crippen MR) is 72.8 cm³/mol. The van der Waals surface area contributed by atoms with Gasteiger partial charge in [-0.15, -0.1) is 0 Å². The number of aliphatic hydroxyl groups is 1. The molecule has 5 nitrogen and oxygen atoms in total. The summed E-state index contributed by atoms with van der Waals surface area (Å²) >= 11 is 0. The first kappa shape index (κ1) is 14.1. The van der Waals surface area contributed by atoms with Crippen LogP contribution in [0, 0.1) is 13.8 Å². The monoisotopic (exact) mass is 265 g/mol. The second kappa shape index (κ2) is 5.33. The van der Waals surface area contributed by atoms with E-state index in [1.807, 2.05) is 25.6 Å². The van der Waals surface area contributed by atoms with Gasteiger partial charge in [0.15, 0.2) is 0 Å². The van der Waals surface area contributed by atoms with Crippen LogP contribution >= 0.6 is 0 Å². The second-order valence-electron chi connectivity index (χ2n) is 5.52. The van der Waals surface area contributed by atoms with Crippen LogP contribution in [0.3, 0.4) is 0 Å². The standard InChI is InChI=1S/C14H23N3O2/c1-10-12(11(2)17(3)16-10)6-9-15-13(18)14(19)7-4-5-8-14/h19H,4-9H2,1-3H3,(H,15,18). The van der Waals surface area contributed by atoms with Crippen molar-refractivity contribution in [3.8, 4) is 0 Å². The lowest BCUT2D eigenvalue weighted by Gasteiger charge is -2.20. The molecule has 19 heavy (non-hydrogen) atoms. The lowest BCUT2D eigenvalue weighted by Crippen LogP contribution is -2.45. The molecular weight excluding hydrogens is 242 g/mol. The van der Waals surface area contributed by atoms with E-state index in [0.717, 1.165) is 30.7 Å². The Morgan fingerprint density at radius 2 is 2.05 bits per heavy atom. The van der Waals surface area contributed by atoms with E-state index in [1.54, 1.807) is 0 Å². The van der Waals surface area contributed by atoms with Gasteiger partial charge in [-0.2, -0.15) is 5.10 Å². The van der Waals surface area contributed by atoms with Gasteiger partial charge >= 0.3 is 0 Å². The summed E-state index contributed by atoms with van der Waals surface area (Å²) in [4.78, 5) is 12.0. The molecule has 1 aliphatic rings. The molecule has 0 spiro atoms. The Morgan fingerprint density at radius 3 is 2.58 bits per heavy atom. The summed E-state index contributed by atoms with van der Waals surface area (Å²) in [5.41, 5.74) is 2.19. The first-order valence-electron chi connectivity index (χ1n) is 6.94. The molecule has 0 aromatic carbocycles. The third-order valence-electron chi connectivity index (χ3n) is 4.17. The maximum Gasteiger partial charge on any atom is 0.251 e. The number of nitrogens with zero attached hydrogens (tertiary/aromatic N) is 2. The van der Waals surface area contributed by atoms with Gasteiger partial charge in [-0.25, -0.2) is 0 Å². The van der Waals surface area contributed by atoms with E-state index in [0.29, 0.717) is 19.4 Å². The molecule has 1 amide bonds. The molecule has 1 aliphatic carbocycles. The topological polar surface area (TPSA) is 67.2 Å². The van der Waals surface area contributed by atoms with E-state index < -0.39 is 5.60 Å². The van der Waals surface area contributed by atoms with Gasteiger partial charge in [-0.05, 0) is 51.5 Å². The van der Waals surface area contributed by atoms with Crippen molar-refractivity contribution in [2.75, 3.05) is 6.54 Å². The fraction of sp³-hybridized carbons (Fsp3) is 0.714. The summed E-state index contributed by atoms with van der Waals surface area (Å²) in [5, 5.41) is 17.3. The molecule has 0 bridgehead atoms. The van der Waals surface area contributed by atoms with E-state index in [-0.39, 0.29) is 5.91 Å².